The van der Waals surface area contributed by atoms with Gasteiger partial charge in [-0.3, -0.25) is 5.43 Å². The van der Waals surface area contributed by atoms with Crippen molar-refractivity contribution in [3.8, 4) is 5.75 Å². The Kier molecular flexibility index (Phi) is 6.37. The second-order valence-corrected chi connectivity index (χ2v) is 5.89. The van der Waals surface area contributed by atoms with Crippen LogP contribution < -0.4 is 10.2 Å². The highest BCUT2D eigenvalue weighted by molar-refractivity contribution is 8.02. The zero-order valence-electron chi connectivity index (χ0n) is 13.5. The number of rotatable bonds is 7. The van der Waals surface area contributed by atoms with E-state index in [1.54, 1.807) is 12.1 Å². The molecule has 0 radical (unpaired) electrons. The minimum atomic E-state index is -0.616. The first-order valence-corrected chi connectivity index (χ1v) is 8.42. The number of nitrogens with zero attached hydrogens (tertiary/aromatic N) is 1. The number of hydrazone groups is 1. The van der Waals surface area contributed by atoms with Gasteiger partial charge >= 0.3 is 0 Å². The Morgan fingerprint density at radius 2 is 1.92 bits per heavy atom. The molecule has 0 atom stereocenters. The van der Waals surface area contributed by atoms with Crippen LogP contribution in [0.5, 0.6) is 5.75 Å². The average molecular weight is 348 g/mol. The highest BCUT2D eigenvalue weighted by Gasteiger charge is 2.05. The Bertz CT molecular complexity index is 745. The molecule has 2 aromatic carbocycles. The second kappa shape index (κ2) is 8.49. The summed E-state index contributed by atoms with van der Waals surface area (Å²) < 4.78 is 31.9. The van der Waals surface area contributed by atoms with Crippen molar-refractivity contribution < 1.29 is 13.5 Å². The van der Waals surface area contributed by atoms with E-state index in [4.69, 9.17) is 4.74 Å². The molecular weight excluding hydrogens is 330 g/mol. The van der Waals surface area contributed by atoms with Crippen LogP contribution in [0.2, 0.25) is 0 Å². The largest absolute Gasteiger partial charge is 0.489 e. The van der Waals surface area contributed by atoms with E-state index >= 15 is 0 Å². The number of benzene rings is 2. The van der Waals surface area contributed by atoms with Gasteiger partial charge in [0.05, 0.1) is 10.7 Å². The van der Waals surface area contributed by atoms with Crippen molar-refractivity contribution in [2.24, 2.45) is 5.10 Å². The van der Waals surface area contributed by atoms with E-state index in [1.807, 2.05) is 25.3 Å². The molecule has 0 bridgehead atoms. The summed E-state index contributed by atoms with van der Waals surface area (Å²) >= 11 is 1.48. The normalized spacial score (nSPS) is 11.2. The summed E-state index contributed by atoms with van der Waals surface area (Å²) in [6.45, 7) is 5.70. The van der Waals surface area contributed by atoms with Gasteiger partial charge in [0, 0.05) is 11.6 Å². The fourth-order valence-corrected chi connectivity index (χ4v) is 1.99. The van der Waals surface area contributed by atoms with E-state index in [-0.39, 0.29) is 6.61 Å². The summed E-state index contributed by atoms with van der Waals surface area (Å²) in [6.07, 6.45) is 1.91. The average Bonchev–Trinajstić information content (AvgIpc) is 2.59. The molecule has 2 rings (SSSR count). The lowest BCUT2D eigenvalue weighted by Crippen LogP contribution is -2.06. The maximum Gasteiger partial charge on any atom is 0.132 e. The van der Waals surface area contributed by atoms with Crippen molar-refractivity contribution in [1.29, 1.82) is 0 Å². The van der Waals surface area contributed by atoms with Crippen LogP contribution in [0.25, 0.3) is 0 Å². The van der Waals surface area contributed by atoms with Crippen LogP contribution in [0, 0.1) is 11.6 Å². The summed E-state index contributed by atoms with van der Waals surface area (Å²) in [5.74, 6) is -0.625. The third kappa shape index (κ3) is 5.09. The van der Waals surface area contributed by atoms with Crippen LogP contribution in [0.15, 0.2) is 59.2 Å². The predicted molar refractivity (Wildman–Crippen MR) is 95.1 cm³/mol. The molecule has 0 fully saturated rings. The Hall–Kier alpha value is -2.34. The van der Waals surface area contributed by atoms with Gasteiger partial charge in [0.2, 0.25) is 0 Å². The van der Waals surface area contributed by atoms with E-state index in [0.29, 0.717) is 11.3 Å². The molecule has 6 heteroatoms. The molecule has 0 saturated carbocycles. The molecule has 0 aliphatic carbocycles. The molecule has 3 nitrogen and oxygen atoms in total. The maximum atomic E-state index is 13.6. The smallest absolute Gasteiger partial charge is 0.132 e. The lowest BCUT2D eigenvalue weighted by atomic mass is 10.1. The van der Waals surface area contributed by atoms with E-state index < -0.39 is 11.6 Å². The van der Waals surface area contributed by atoms with Gasteiger partial charge in [-0.1, -0.05) is 6.58 Å². The van der Waals surface area contributed by atoms with Crippen LogP contribution in [-0.2, 0) is 6.61 Å². The molecule has 2 aromatic rings. The molecule has 0 unspecified atom stereocenters. The molecule has 126 valence electrons. The topological polar surface area (TPSA) is 33.6 Å². The van der Waals surface area contributed by atoms with Gasteiger partial charge in [0.15, 0.2) is 0 Å². The summed E-state index contributed by atoms with van der Waals surface area (Å²) in [7, 11) is 0. The predicted octanol–water partition coefficient (Wildman–Crippen LogP) is 4.69. The van der Waals surface area contributed by atoms with E-state index in [2.05, 4.69) is 17.1 Å². The van der Waals surface area contributed by atoms with Crippen molar-refractivity contribution in [2.75, 3.05) is 6.26 Å². The third-order valence-corrected chi connectivity index (χ3v) is 3.86. The maximum absolute atomic E-state index is 13.6. The Morgan fingerprint density at radius 3 is 2.54 bits per heavy atom. The molecule has 0 aromatic heterocycles. The number of nitrogens with one attached hydrogen (secondary N) is 1. The molecule has 0 heterocycles. The van der Waals surface area contributed by atoms with Gasteiger partial charge in [-0.25, -0.2) is 8.78 Å². The van der Waals surface area contributed by atoms with Crippen LogP contribution in [0.3, 0.4) is 0 Å². The fraction of sp³-hybridized carbons (Fsp3) is 0.167. The fourth-order valence-electron chi connectivity index (χ4n) is 1.85. The Labute approximate surface area is 144 Å². The van der Waals surface area contributed by atoms with Gasteiger partial charge in [-0.2, -0.15) is 5.10 Å². The van der Waals surface area contributed by atoms with Gasteiger partial charge in [0.1, 0.15) is 24.0 Å². The van der Waals surface area contributed by atoms with Crippen LogP contribution in [-0.4, -0.2) is 12.0 Å². The quantitative estimate of drug-likeness (QED) is 0.582. The summed E-state index contributed by atoms with van der Waals surface area (Å²) in [5, 5.41) is 4.99. The van der Waals surface area contributed by atoms with Crippen LogP contribution in [0.1, 0.15) is 18.1 Å². The summed E-state index contributed by atoms with van der Waals surface area (Å²) in [6, 6.07) is 10.7. The van der Waals surface area contributed by atoms with Crippen molar-refractivity contribution in [2.45, 2.75) is 13.5 Å². The number of ether oxygens (including phenoxy) is 1. The molecule has 24 heavy (non-hydrogen) atoms. The second-order valence-electron chi connectivity index (χ2n) is 4.99. The van der Waals surface area contributed by atoms with Crippen LogP contribution in [0.4, 0.5) is 8.78 Å². The van der Waals surface area contributed by atoms with Crippen molar-refractivity contribution in [3.63, 3.8) is 0 Å². The molecule has 0 saturated heterocycles. The van der Waals surface area contributed by atoms with Crippen molar-refractivity contribution in [1.82, 2.24) is 5.43 Å². The van der Waals surface area contributed by atoms with Gasteiger partial charge < -0.3 is 4.74 Å². The number of halogens is 2. The molecule has 0 spiro atoms. The zero-order valence-corrected chi connectivity index (χ0v) is 14.3. The standard InChI is InChI=1S/C18H18F2N2OS/c1-12(21-22-13(2)24-3)14-5-8-17(9-6-14)23-11-15-4-7-16(19)10-18(15)20/h4-10,22H,2,11H2,1,3H3/b21-12+. The molecule has 0 amide bonds. The molecular formula is C18H18F2N2OS. The van der Waals surface area contributed by atoms with E-state index in [0.717, 1.165) is 22.4 Å². The Balaban J connectivity index is 1.98. The van der Waals surface area contributed by atoms with Gasteiger partial charge in [-0.15, -0.1) is 11.8 Å². The van der Waals surface area contributed by atoms with E-state index in [1.165, 1.54) is 23.9 Å². The lowest BCUT2D eigenvalue weighted by Gasteiger charge is -2.08. The first-order valence-electron chi connectivity index (χ1n) is 7.20. The summed E-state index contributed by atoms with van der Waals surface area (Å²) in [4.78, 5) is 0. The number of hydrogen-bond acceptors (Lipinski definition) is 4. The third-order valence-electron chi connectivity index (χ3n) is 3.28. The molecule has 0 aliphatic heterocycles. The minimum Gasteiger partial charge on any atom is -0.489 e. The first kappa shape index (κ1) is 18.0. The molecule has 0 aliphatic rings. The van der Waals surface area contributed by atoms with Gasteiger partial charge in [0.25, 0.3) is 0 Å². The highest BCUT2D eigenvalue weighted by atomic mass is 32.2. The lowest BCUT2D eigenvalue weighted by molar-refractivity contribution is 0.299. The van der Waals surface area contributed by atoms with Gasteiger partial charge in [-0.05, 0) is 55.1 Å². The monoisotopic (exact) mass is 348 g/mol. The number of thioether (sulfide) groups is 1. The summed E-state index contributed by atoms with van der Waals surface area (Å²) in [5.41, 5.74) is 4.89. The highest BCUT2D eigenvalue weighted by Crippen LogP contribution is 2.17. The van der Waals surface area contributed by atoms with E-state index in [9.17, 15) is 8.78 Å². The van der Waals surface area contributed by atoms with Crippen LogP contribution >= 0.6 is 11.8 Å². The van der Waals surface area contributed by atoms with Crippen molar-refractivity contribution in [3.05, 3.63) is 76.8 Å². The SMILES string of the molecule is C=C(N/N=C(\C)c1ccc(OCc2ccc(F)cc2F)cc1)SC. The molecule has 1 N–H and O–H groups in total. The number of hydrogen-bond donors (Lipinski definition) is 1. The minimum absolute atomic E-state index is 0.0354. The zero-order chi connectivity index (χ0) is 17.5. The Morgan fingerprint density at radius 1 is 1.21 bits per heavy atom. The first-order chi connectivity index (χ1) is 11.5. The van der Waals surface area contributed by atoms with Crippen molar-refractivity contribution >= 4 is 17.5 Å².